The van der Waals surface area contributed by atoms with Crippen LogP contribution in [0.25, 0.3) is 11.3 Å². The van der Waals surface area contributed by atoms with Crippen molar-refractivity contribution in [3.63, 3.8) is 0 Å². The third kappa shape index (κ3) is 3.88. The molecule has 1 aliphatic rings. The third-order valence-electron chi connectivity index (χ3n) is 4.60. The van der Waals surface area contributed by atoms with Crippen LogP contribution in [0, 0.1) is 0 Å². The molecule has 4 rings (SSSR count). The average molecular weight is 434 g/mol. The fraction of sp³-hybridized carbons (Fsp3) is 0.263. The van der Waals surface area contributed by atoms with Gasteiger partial charge in [0.1, 0.15) is 15.3 Å². The smallest absolute Gasteiger partial charge is 0.253 e. The molecule has 0 saturated carbocycles. The topological polar surface area (TPSA) is 79.4 Å². The Kier molecular flexibility index (Phi) is 5.58. The summed E-state index contributed by atoms with van der Waals surface area (Å²) in [4.78, 5) is 17.2. The first-order valence-electron chi connectivity index (χ1n) is 8.88. The SMILES string of the molecule is O=C(NCc1nc(-c2ccccc2)cs1)C1CCCN1S(=O)(=O)c1cccs1. The minimum absolute atomic E-state index is 0.269. The van der Waals surface area contributed by atoms with Crippen LogP contribution < -0.4 is 5.32 Å². The van der Waals surface area contributed by atoms with Crippen molar-refractivity contribution in [3.8, 4) is 11.3 Å². The Hall–Kier alpha value is -2.07. The van der Waals surface area contributed by atoms with Gasteiger partial charge in [-0.2, -0.15) is 4.31 Å². The van der Waals surface area contributed by atoms with Gasteiger partial charge in [0, 0.05) is 17.5 Å². The van der Waals surface area contributed by atoms with E-state index in [4.69, 9.17) is 0 Å². The van der Waals surface area contributed by atoms with Crippen molar-refractivity contribution in [3.05, 3.63) is 58.2 Å². The largest absolute Gasteiger partial charge is 0.348 e. The van der Waals surface area contributed by atoms with Crippen molar-refractivity contribution in [1.82, 2.24) is 14.6 Å². The van der Waals surface area contributed by atoms with Gasteiger partial charge in [-0.05, 0) is 24.3 Å². The first-order valence-corrected chi connectivity index (χ1v) is 12.1. The number of rotatable bonds is 6. The lowest BCUT2D eigenvalue weighted by molar-refractivity contribution is -0.124. The van der Waals surface area contributed by atoms with Crippen molar-refractivity contribution < 1.29 is 13.2 Å². The fourth-order valence-electron chi connectivity index (χ4n) is 3.23. The molecule has 146 valence electrons. The van der Waals surface area contributed by atoms with Crippen molar-refractivity contribution in [2.45, 2.75) is 29.6 Å². The minimum Gasteiger partial charge on any atom is -0.348 e. The number of aromatic nitrogens is 1. The lowest BCUT2D eigenvalue weighted by Crippen LogP contribution is -2.45. The van der Waals surface area contributed by atoms with E-state index in [0.717, 1.165) is 16.3 Å². The van der Waals surface area contributed by atoms with E-state index < -0.39 is 16.1 Å². The summed E-state index contributed by atoms with van der Waals surface area (Å²) in [7, 11) is -3.63. The summed E-state index contributed by atoms with van der Waals surface area (Å²) >= 11 is 2.65. The van der Waals surface area contributed by atoms with Gasteiger partial charge in [0.15, 0.2) is 0 Å². The first kappa shape index (κ1) is 19.3. The van der Waals surface area contributed by atoms with E-state index in [1.54, 1.807) is 17.5 Å². The zero-order valence-corrected chi connectivity index (χ0v) is 17.4. The lowest BCUT2D eigenvalue weighted by Gasteiger charge is -2.22. The molecule has 3 aromatic rings. The molecule has 1 N–H and O–H groups in total. The van der Waals surface area contributed by atoms with E-state index in [9.17, 15) is 13.2 Å². The van der Waals surface area contributed by atoms with Gasteiger partial charge in [-0.25, -0.2) is 13.4 Å². The number of benzene rings is 1. The summed E-state index contributed by atoms with van der Waals surface area (Å²) in [5, 5.41) is 7.33. The number of hydrogen-bond donors (Lipinski definition) is 1. The van der Waals surface area contributed by atoms with Crippen LogP contribution in [0.3, 0.4) is 0 Å². The van der Waals surface area contributed by atoms with Gasteiger partial charge < -0.3 is 5.32 Å². The number of amides is 1. The van der Waals surface area contributed by atoms with Crippen LogP contribution in [0.1, 0.15) is 17.8 Å². The van der Waals surface area contributed by atoms with Crippen LogP contribution in [-0.4, -0.2) is 36.2 Å². The molecule has 0 spiro atoms. The van der Waals surface area contributed by atoms with E-state index >= 15 is 0 Å². The molecule has 9 heteroatoms. The van der Waals surface area contributed by atoms with Crippen LogP contribution in [0.15, 0.2) is 57.4 Å². The third-order valence-corrected chi connectivity index (χ3v) is 8.73. The highest BCUT2D eigenvalue weighted by atomic mass is 32.2. The normalized spacial score (nSPS) is 17.6. The maximum absolute atomic E-state index is 12.8. The van der Waals surface area contributed by atoms with Crippen molar-refractivity contribution in [1.29, 1.82) is 0 Å². The van der Waals surface area contributed by atoms with Crippen LogP contribution in [-0.2, 0) is 21.4 Å². The zero-order chi connectivity index (χ0) is 19.6. The number of thiophene rings is 1. The van der Waals surface area contributed by atoms with Gasteiger partial charge >= 0.3 is 0 Å². The van der Waals surface area contributed by atoms with E-state index in [1.165, 1.54) is 27.0 Å². The molecule has 1 unspecified atom stereocenters. The molecule has 1 atom stereocenters. The summed E-state index contributed by atoms with van der Waals surface area (Å²) in [6.45, 7) is 0.660. The van der Waals surface area contributed by atoms with Gasteiger partial charge in [0.05, 0.1) is 12.2 Å². The number of nitrogens with zero attached hydrogens (tertiary/aromatic N) is 2. The Bertz CT molecular complexity index is 1050. The summed E-state index contributed by atoms with van der Waals surface area (Å²) < 4.78 is 27.2. The molecular weight excluding hydrogens is 414 g/mol. The highest BCUT2D eigenvalue weighted by Crippen LogP contribution is 2.29. The van der Waals surface area contributed by atoms with Crippen LogP contribution in [0.2, 0.25) is 0 Å². The molecule has 1 aromatic carbocycles. The summed E-state index contributed by atoms with van der Waals surface area (Å²) in [5.74, 6) is -0.269. The molecule has 0 aliphatic carbocycles. The molecule has 6 nitrogen and oxygen atoms in total. The van der Waals surface area contributed by atoms with E-state index in [2.05, 4.69) is 10.3 Å². The van der Waals surface area contributed by atoms with Gasteiger partial charge in [0.2, 0.25) is 5.91 Å². The minimum atomic E-state index is -3.63. The van der Waals surface area contributed by atoms with Crippen molar-refractivity contribution in [2.24, 2.45) is 0 Å². The molecular formula is C19H19N3O3S3. The molecule has 3 heterocycles. The maximum atomic E-state index is 12.8. The molecule has 0 bridgehead atoms. The molecule has 1 amide bonds. The second-order valence-electron chi connectivity index (χ2n) is 6.42. The molecule has 2 aromatic heterocycles. The molecule has 1 fully saturated rings. The predicted octanol–water partition coefficient (Wildman–Crippen LogP) is 3.34. The van der Waals surface area contributed by atoms with Crippen LogP contribution >= 0.6 is 22.7 Å². The number of sulfonamides is 1. The summed E-state index contributed by atoms with van der Waals surface area (Å²) in [6, 6.07) is 12.5. The highest BCUT2D eigenvalue weighted by Gasteiger charge is 2.39. The molecule has 0 radical (unpaired) electrons. The number of carbonyl (C=O) groups is 1. The van der Waals surface area contributed by atoms with Gasteiger partial charge in [-0.15, -0.1) is 22.7 Å². The number of nitrogens with one attached hydrogen (secondary N) is 1. The summed E-state index contributed by atoms with van der Waals surface area (Å²) in [6.07, 6.45) is 1.21. The standard InChI is InChI=1S/C19H19N3O3S3/c23-19(16-8-4-10-22(16)28(24,25)18-9-5-11-26-18)20-12-17-21-15(13-27-17)14-6-2-1-3-7-14/h1-3,5-7,9,11,13,16H,4,8,10,12H2,(H,20,23). The quantitative estimate of drug-likeness (QED) is 0.647. The predicted molar refractivity (Wildman–Crippen MR) is 111 cm³/mol. The van der Waals surface area contributed by atoms with E-state index in [1.807, 2.05) is 35.7 Å². The molecule has 28 heavy (non-hydrogen) atoms. The Labute approximate surface area is 171 Å². The van der Waals surface area contributed by atoms with Crippen molar-refractivity contribution >= 4 is 38.6 Å². The molecule has 1 aliphatic heterocycles. The maximum Gasteiger partial charge on any atom is 0.253 e. The first-order chi connectivity index (χ1) is 13.6. The highest BCUT2D eigenvalue weighted by molar-refractivity contribution is 7.91. The molecule has 1 saturated heterocycles. The lowest BCUT2D eigenvalue weighted by atomic mass is 10.2. The number of hydrogen-bond acceptors (Lipinski definition) is 6. The number of thiazole rings is 1. The van der Waals surface area contributed by atoms with Crippen LogP contribution in [0.5, 0.6) is 0 Å². The monoisotopic (exact) mass is 433 g/mol. The summed E-state index contributed by atoms with van der Waals surface area (Å²) in [5.41, 5.74) is 1.90. The van der Waals surface area contributed by atoms with E-state index in [-0.39, 0.29) is 10.1 Å². The Morgan fingerprint density at radius 2 is 2.00 bits per heavy atom. The second kappa shape index (κ2) is 8.12. The van der Waals surface area contributed by atoms with E-state index in [0.29, 0.717) is 25.9 Å². The number of carbonyl (C=O) groups excluding carboxylic acids is 1. The van der Waals surface area contributed by atoms with Crippen LogP contribution in [0.4, 0.5) is 0 Å². The zero-order valence-electron chi connectivity index (χ0n) is 14.9. The van der Waals surface area contributed by atoms with Crippen molar-refractivity contribution in [2.75, 3.05) is 6.54 Å². The second-order valence-corrected chi connectivity index (χ2v) is 10.4. The Morgan fingerprint density at radius 3 is 2.75 bits per heavy atom. The van der Waals surface area contributed by atoms with Gasteiger partial charge in [-0.3, -0.25) is 4.79 Å². The average Bonchev–Trinajstić information content (AvgIpc) is 3.48. The van der Waals surface area contributed by atoms with Gasteiger partial charge in [0.25, 0.3) is 10.0 Å². The Balaban J connectivity index is 1.42. The Morgan fingerprint density at radius 1 is 1.18 bits per heavy atom. The van der Waals surface area contributed by atoms with Gasteiger partial charge in [-0.1, -0.05) is 36.4 Å². The fourth-order valence-corrected chi connectivity index (χ4v) is 6.75.